The van der Waals surface area contributed by atoms with E-state index in [1.807, 2.05) is 0 Å². The van der Waals surface area contributed by atoms with Crippen LogP contribution in [0.2, 0.25) is 10.0 Å². The fourth-order valence-corrected chi connectivity index (χ4v) is 2.88. The highest BCUT2D eigenvalue weighted by molar-refractivity contribution is 7.92. The average Bonchev–Trinajstić information content (AvgIpc) is 2.47. The van der Waals surface area contributed by atoms with E-state index >= 15 is 0 Å². The minimum absolute atomic E-state index is 0.00676. The van der Waals surface area contributed by atoms with Crippen molar-refractivity contribution in [2.75, 3.05) is 16.3 Å². The Bertz CT molecular complexity index is 963. The van der Waals surface area contributed by atoms with E-state index in [4.69, 9.17) is 23.2 Å². The van der Waals surface area contributed by atoms with Gasteiger partial charge < -0.3 is 5.32 Å². The Kier molecular flexibility index (Phi) is 5.51. The summed E-state index contributed by atoms with van der Waals surface area (Å²) in [7, 11) is -3.48. The molecular weight excluding hydrogens is 393 g/mol. The van der Waals surface area contributed by atoms with E-state index in [0.717, 1.165) is 12.3 Å². The van der Waals surface area contributed by atoms with Gasteiger partial charge in [-0.15, -0.1) is 0 Å². The monoisotopic (exact) mass is 403 g/mol. The number of sulfonamides is 1. The molecule has 0 aromatic heterocycles. The summed E-state index contributed by atoms with van der Waals surface area (Å²) in [6, 6.07) is 7.56. The zero-order valence-electron chi connectivity index (χ0n) is 12.6. The normalized spacial score (nSPS) is 11.0. The van der Waals surface area contributed by atoms with Crippen molar-refractivity contribution in [3.8, 4) is 0 Å². The van der Waals surface area contributed by atoms with Gasteiger partial charge in [0.2, 0.25) is 10.0 Å². The number of benzene rings is 2. The van der Waals surface area contributed by atoms with Crippen LogP contribution in [0.1, 0.15) is 10.4 Å². The fraction of sp³-hybridized carbons (Fsp3) is 0.0714. The maximum absolute atomic E-state index is 12.3. The van der Waals surface area contributed by atoms with E-state index in [9.17, 15) is 23.3 Å². The van der Waals surface area contributed by atoms with Gasteiger partial charge in [0.15, 0.2) is 0 Å². The minimum atomic E-state index is -3.48. The lowest BCUT2D eigenvalue weighted by atomic mass is 10.2. The number of carbonyl (C=O) groups excluding carboxylic acids is 1. The van der Waals surface area contributed by atoms with Gasteiger partial charge >= 0.3 is 0 Å². The van der Waals surface area contributed by atoms with Gasteiger partial charge in [0.25, 0.3) is 11.6 Å². The molecule has 0 saturated heterocycles. The van der Waals surface area contributed by atoms with Gasteiger partial charge in [-0.2, -0.15) is 0 Å². The Balaban J connectivity index is 2.27. The second-order valence-corrected chi connectivity index (χ2v) is 7.51. The molecular formula is C14H11Cl2N3O5S. The number of nitro benzene ring substituents is 1. The highest BCUT2D eigenvalue weighted by atomic mass is 35.5. The molecule has 0 aliphatic carbocycles. The van der Waals surface area contributed by atoms with Crippen molar-refractivity contribution in [3.63, 3.8) is 0 Å². The van der Waals surface area contributed by atoms with Gasteiger partial charge in [-0.25, -0.2) is 8.42 Å². The van der Waals surface area contributed by atoms with Crippen molar-refractivity contribution in [1.29, 1.82) is 0 Å². The number of hydrogen-bond donors (Lipinski definition) is 2. The Hall–Kier alpha value is -2.36. The van der Waals surface area contributed by atoms with Crippen molar-refractivity contribution in [2.45, 2.75) is 0 Å². The summed E-state index contributed by atoms with van der Waals surface area (Å²) in [6.45, 7) is 0. The lowest BCUT2D eigenvalue weighted by molar-refractivity contribution is -0.384. The number of amides is 1. The summed E-state index contributed by atoms with van der Waals surface area (Å²) in [5, 5.41) is 13.3. The molecule has 11 heteroatoms. The summed E-state index contributed by atoms with van der Waals surface area (Å²) in [5.41, 5.74) is 0.0505. The third kappa shape index (κ3) is 5.05. The fourth-order valence-electron chi connectivity index (χ4n) is 1.89. The molecule has 0 saturated carbocycles. The van der Waals surface area contributed by atoms with Crippen molar-refractivity contribution >= 4 is 56.2 Å². The highest BCUT2D eigenvalue weighted by Crippen LogP contribution is 2.28. The van der Waals surface area contributed by atoms with Crippen LogP contribution in [-0.4, -0.2) is 25.5 Å². The zero-order chi connectivity index (χ0) is 18.8. The van der Waals surface area contributed by atoms with Gasteiger partial charge in [-0.05, 0) is 24.3 Å². The number of nitrogens with one attached hydrogen (secondary N) is 2. The molecule has 0 atom stereocenters. The zero-order valence-corrected chi connectivity index (χ0v) is 14.9. The van der Waals surface area contributed by atoms with Crippen LogP contribution < -0.4 is 10.0 Å². The molecule has 132 valence electrons. The molecule has 1 amide bonds. The van der Waals surface area contributed by atoms with Crippen LogP contribution in [-0.2, 0) is 10.0 Å². The second-order valence-electron chi connectivity index (χ2n) is 4.94. The molecule has 0 aliphatic rings. The predicted molar refractivity (Wildman–Crippen MR) is 96.0 cm³/mol. The maximum Gasteiger partial charge on any atom is 0.271 e. The quantitative estimate of drug-likeness (QED) is 0.584. The number of carbonyl (C=O) groups is 1. The Morgan fingerprint density at radius 3 is 2.36 bits per heavy atom. The second kappa shape index (κ2) is 7.26. The minimum Gasteiger partial charge on any atom is -0.320 e. The van der Waals surface area contributed by atoms with Gasteiger partial charge in [0.1, 0.15) is 0 Å². The Labute approximate surface area is 152 Å². The number of nitrogens with zero attached hydrogens (tertiary/aromatic N) is 1. The summed E-state index contributed by atoms with van der Waals surface area (Å²) in [5.74, 6) is -0.654. The highest BCUT2D eigenvalue weighted by Gasteiger charge is 2.16. The SMILES string of the molecule is CS(=O)(=O)Nc1ccc(C(=O)Nc2cc([N+](=O)[O-])ccc2Cl)c(Cl)c1. The van der Waals surface area contributed by atoms with Crippen LogP contribution in [0.25, 0.3) is 0 Å². The van der Waals surface area contributed by atoms with Gasteiger partial charge in [0.05, 0.1) is 32.5 Å². The number of rotatable bonds is 5. The van der Waals surface area contributed by atoms with E-state index in [2.05, 4.69) is 10.0 Å². The molecule has 2 aromatic rings. The smallest absolute Gasteiger partial charge is 0.271 e. The molecule has 0 aliphatic heterocycles. The molecule has 0 unspecified atom stereocenters. The standard InChI is InChI=1S/C14H11Cl2N3O5S/c1-25(23,24)18-8-2-4-10(12(16)6-8)14(20)17-13-7-9(19(21)22)3-5-11(13)15/h2-7,18H,1H3,(H,17,20). The molecule has 8 nitrogen and oxygen atoms in total. The third-order valence-corrected chi connectivity index (χ3v) is 4.17. The molecule has 0 spiro atoms. The van der Waals surface area contributed by atoms with E-state index in [0.29, 0.717) is 0 Å². The lowest BCUT2D eigenvalue weighted by Crippen LogP contribution is -2.14. The molecule has 0 fully saturated rings. The van der Waals surface area contributed by atoms with Crippen molar-refractivity contribution in [3.05, 3.63) is 62.1 Å². The molecule has 0 heterocycles. The number of halogens is 2. The lowest BCUT2D eigenvalue weighted by Gasteiger charge is -2.10. The predicted octanol–water partition coefficient (Wildman–Crippen LogP) is 3.53. The number of nitro groups is 1. The largest absolute Gasteiger partial charge is 0.320 e. The van der Waals surface area contributed by atoms with Crippen molar-refractivity contribution < 1.29 is 18.1 Å². The molecule has 25 heavy (non-hydrogen) atoms. The van der Waals surface area contributed by atoms with Gasteiger partial charge in [0, 0.05) is 17.8 Å². The first-order chi connectivity index (χ1) is 11.6. The van der Waals surface area contributed by atoms with Crippen LogP contribution >= 0.6 is 23.2 Å². The van der Waals surface area contributed by atoms with E-state index in [-0.39, 0.29) is 32.7 Å². The molecule has 0 radical (unpaired) electrons. The van der Waals surface area contributed by atoms with E-state index in [1.54, 1.807) is 0 Å². The summed E-state index contributed by atoms with van der Waals surface area (Å²) in [4.78, 5) is 22.5. The van der Waals surface area contributed by atoms with Crippen LogP contribution in [0.4, 0.5) is 17.1 Å². The Morgan fingerprint density at radius 1 is 1.12 bits per heavy atom. The first-order valence-corrected chi connectivity index (χ1v) is 9.24. The van der Waals surface area contributed by atoms with Crippen molar-refractivity contribution in [2.24, 2.45) is 0 Å². The average molecular weight is 404 g/mol. The summed E-state index contributed by atoms with van der Waals surface area (Å²) >= 11 is 11.9. The first-order valence-electron chi connectivity index (χ1n) is 6.59. The number of anilines is 2. The molecule has 2 N–H and O–H groups in total. The molecule has 2 rings (SSSR count). The third-order valence-electron chi connectivity index (χ3n) is 2.93. The van der Waals surface area contributed by atoms with E-state index in [1.165, 1.54) is 30.3 Å². The van der Waals surface area contributed by atoms with Crippen LogP contribution in [0.3, 0.4) is 0 Å². The summed E-state index contributed by atoms with van der Waals surface area (Å²) in [6.07, 6.45) is 0.978. The molecule has 0 bridgehead atoms. The van der Waals surface area contributed by atoms with Crippen LogP contribution in [0.15, 0.2) is 36.4 Å². The summed E-state index contributed by atoms with van der Waals surface area (Å²) < 4.78 is 24.6. The Morgan fingerprint density at radius 2 is 1.80 bits per heavy atom. The number of hydrogen-bond acceptors (Lipinski definition) is 5. The van der Waals surface area contributed by atoms with E-state index < -0.39 is 20.9 Å². The first kappa shape index (κ1) is 19.0. The van der Waals surface area contributed by atoms with Gasteiger partial charge in [-0.1, -0.05) is 23.2 Å². The maximum atomic E-state index is 12.3. The van der Waals surface area contributed by atoms with Crippen LogP contribution in [0.5, 0.6) is 0 Å². The number of non-ortho nitro benzene ring substituents is 1. The van der Waals surface area contributed by atoms with Gasteiger partial charge in [-0.3, -0.25) is 19.6 Å². The topological polar surface area (TPSA) is 118 Å². The van der Waals surface area contributed by atoms with Crippen molar-refractivity contribution in [1.82, 2.24) is 0 Å². The van der Waals surface area contributed by atoms with Crippen LogP contribution in [0, 0.1) is 10.1 Å². The molecule has 2 aromatic carbocycles.